The molecule has 0 spiro atoms. The molecule has 2 rings (SSSR count). The second-order valence-corrected chi connectivity index (χ2v) is 10.8. The maximum absolute atomic E-state index is 13.8. The van der Waals surface area contributed by atoms with E-state index >= 15 is 0 Å². The lowest BCUT2D eigenvalue weighted by Crippen LogP contribution is -2.53. The summed E-state index contributed by atoms with van der Waals surface area (Å²) in [6, 6.07) is 9.30. The topological polar surface area (TPSA) is 148 Å². The number of benzene rings is 2. The summed E-state index contributed by atoms with van der Waals surface area (Å²) in [5.74, 6) is -0.499. The van der Waals surface area contributed by atoms with Crippen LogP contribution in [0.4, 0.5) is 11.4 Å². The first-order chi connectivity index (χ1) is 17.8. The molecule has 13 heteroatoms. The Kier molecular flexibility index (Phi) is 10.5. The number of nitro groups is 1. The van der Waals surface area contributed by atoms with Gasteiger partial charge < -0.3 is 19.7 Å². The van der Waals surface area contributed by atoms with Crippen LogP contribution < -0.4 is 19.1 Å². The second kappa shape index (κ2) is 13.1. The molecule has 2 amide bonds. The predicted octanol–water partition coefficient (Wildman–Crippen LogP) is 2.71. The SMILES string of the molecule is CC[C@H](C(=O)NC(C)C)N(Cc1cccc(OC)c1)C(=O)CN(c1cc([N+](=O)[O-])ccc1OC)S(C)(=O)=O. The molecule has 0 bridgehead atoms. The Balaban J connectivity index is 2.58. The zero-order valence-corrected chi connectivity index (χ0v) is 23.1. The maximum atomic E-state index is 13.8. The van der Waals surface area contributed by atoms with Crippen LogP contribution in [0, 0.1) is 10.1 Å². The zero-order chi connectivity index (χ0) is 28.6. The lowest BCUT2D eigenvalue weighted by atomic mass is 10.1. The summed E-state index contributed by atoms with van der Waals surface area (Å²) in [6.07, 6.45) is 1.14. The van der Waals surface area contributed by atoms with Crippen molar-refractivity contribution >= 4 is 33.2 Å². The number of hydrogen-bond donors (Lipinski definition) is 1. The summed E-state index contributed by atoms with van der Waals surface area (Å²) in [7, 11) is -1.33. The highest BCUT2D eigenvalue weighted by molar-refractivity contribution is 7.92. The maximum Gasteiger partial charge on any atom is 0.271 e. The van der Waals surface area contributed by atoms with E-state index in [1.807, 2.05) is 0 Å². The van der Waals surface area contributed by atoms with Crippen LogP contribution in [0.25, 0.3) is 0 Å². The largest absolute Gasteiger partial charge is 0.497 e. The number of non-ortho nitro benzene ring substituents is 1. The monoisotopic (exact) mass is 550 g/mol. The number of nitro benzene ring substituents is 1. The number of anilines is 1. The lowest BCUT2D eigenvalue weighted by Gasteiger charge is -2.33. The van der Waals surface area contributed by atoms with E-state index in [9.17, 15) is 28.1 Å². The molecule has 0 aliphatic carbocycles. The van der Waals surface area contributed by atoms with Crippen molar-refractivity contribution in [2.75, 3.05) is 31.3 Å². The first kappa shape index (κ1) is 30.4. The van der Waals surface area contributed by atoms with Gasteiger partial charge in [0.05, 0.1) is 25.4 Å². The normalized spacial score (nSPS) is 12.0. The molecule has 0 unspecified atom stereocenters. The standard InChI is InChI=1S/C25H34N4O8S/c1-7-21(25(31)26-17(2)3)27(15-18-9-8-10-20(13-18)36-4)24(30)16-28(38(6,34)35)22-14-19(29(32)33)11-12-23(22)37-5/h8-14,17,21H,7,15-16H2,1-6H3,(H,26,31)/t21-/m1/s1. The number of hydrogen-bond acceptors (Lipinski definition) is 8. The van der Waals surface area contributed by atoms with Crippen molar-refractivity contribution in [1.29, 1.82) is 0 Å². The quantitative estimate of drug-likeness (QED) is 0.296. The highest BCUT2D eigenvalue weighted by atomic mass is 32.2. The number of nitrogens with zero attached hydrogens (tertiary/aromatic N) is 3. The smallest absolute Gasteiger partial charge is 0.271 e. The molecule has 0 saturated heterocycles. The van der Waals surface area contributed by atoms with Crippen LogP contribution in [0.2, 0.25) is 0 Å². The molecule has 2 aromatic carbocycles. The number of nitrogens with one attached hydrogen (secondary N) is 1. The molecule has 1 N–H and O–H groups in total. The second-order valence-electron chi connectivity index (χ2n) is 8.84. The minimum absolute atomic E-state index is 0.0102. The molecule has 0 aliphatic heterocycles. The fraction of sp³-hybridized carbons (Fsp3) is 0.440. The fourth-order valence-corrected chi connectivity index (χ4v) is 4.69. The molecule has 0 aromatic heterocycles. The number of carbonyl (C=O) groups is 2. The van der Waals surface area contributed by atoms with Gasteiger partial charge in [0.1, 0.15) is 29.8 Å². The van der Waals surface area contributed by atoms with Gasteiger partial charge in [0.15, 0.2) is 0 Å². The van der Waals surface area contributed by atoms with Crippen LogP contribution in [0.3, 0.4) is 0 Å². The molecule has 0 saturated carbocycles. The molecule has 0 aliphatic rings. The van der Waals surface area contributed by atoms with Crippen molar-refractivity contribution in [2.24, 2.45) is 0 Å². The zero-order valence-electron chi connectivity index (χ0n) is 22.3. The van der Waals surface area contributed by atoms with Crippen molar-refractivity contribution < 1.29 is 32.4 Å². The van der Waals surface area contributed by atoms with Gasteiger partial charge in [0.25, 0.3) is 5.69 Å². The number of amides is 2. The van der Waals surface area contributed by atoms with Crippen molar-refractivity contribution in [3.05, 3.63) is 58.1 Å². The molecule has 38 heavy (non-hydrogen) atoms. The van der Waals surface area contributed by atoms with Crippen molar-refractivity contribution in [3.63, 3.8) is 0 Å². The van der Waals surface area contributed by atoms with Crippen molar-refractivity contribution in [3.8, 4) is 11.5 Å². The summed E-state index contributed by atoms with van der Waals surface area (Å²) in [5.41, 5.74) is 0.115. The number of sulfonamides is 1. The van der Waals surface area contributed by atoms with Crippen molar-refractivity contribution in [1.82, 2.24) is 10.2 Å². The Labute approximate surface area is 222 Å². The third kappa shape index (κ3) is 7.81. The first-order valence-electron chi connectivity index (χ1n) is 11.8. The summed E-state index contributed by atoms with van der Waals surface area (Å²) in [4.78, 5) is 38.8. The van der Waals surface area contributed by atoms with Crippen LogP contribution in [0.1, 0.15) is 32.8 Å². The Bertz CT molecular complexity index is 1270. The minimum atomic E-state index is -4.11. The van der Waals surface area contributed by atoms with Crippen LogP contribution >= 0.6 is 0 Å². The Morgan fingerprint density at radius 3 is 2.32 bits per heavy atom. The molecule has 0 heterocycles. The lowest BCUT2D eigenvalue weighted by molar-refractivity contribution is -0.384. The van der Waals surface area contributed by atoms with E-state index < -0.39 is 39.3 Å². The van der Waals surface area contributed by atoms with Gasteiger partial charge in [0, 0.05) is 24.7 Å². The number of ether oxygens (including phenoxy) is 2. The van der Waals surface area contributed by atoms with E-state index in [0.29, 0.717) is 11.3 Å². The van der Waals surface area contributed by atoms with E-state index in [4.69, 9.17) is 9.47 Å². The Morgan fingerprint density at radius 1 is 1.11 bits per heavy atom. The van der Waals surface area contributed by atoms with E-state index in [1.165, 1.54) is 31.3 Å². The summed E-state index contributed by atoms with van der Waals surface area (Å²) in [6.45, 7) is 4.60. The molecule has 1 atom stereocenters. The van der Waals surface area contributed by atoms with Crippen LogP contribution in [-0.2, 0) is 26.2 Å². The third-order valence-corrected chi connectivity index (χ3v) is 6.75. The van der Waals surface area contributed by atoms with Gasteiger partial charge in [-0.15, -0.1) is 0 Å². The Hall–Kier alpha value is -3.87. The van der Waals surface area contributed by atoms with Crippen LogP contribution in [0.15, 0.2) is 42.5 Å². The van der Waals surface area contributed by atoms with Crippen LogP contribution in [-0.4, -0.2) is 69.2 Å². The molecule has 0 radical (unpaired) electrons. The van der Waals surface area contributed by atoms with Gasteiger partial charge >= 0.3 is 0 Å². The van der Waals surface area contributed by atoms with Gasteiger partial charge in [-0.2, -0.15) is 0 Å². The van der Waals surface area contributed by atoms with E-state index in [1.54, 1.807) is 45.0 Å². The van der Waals surface area contributed by atoms with Gasteiger partial charge in [-0.25, -0.2) is 8.42 Å². The molecule has 2 aromatic rings. The molecule has 12 nitrogen and oxygen atoms in total. The highest BCUT2D eigenvalue weighted by Gasteiger charge is 2.33. The number of carbonyl (C=O) groups excluding carboxylic acids is 2. The summed E-state index contributed by atoms with van der Waals surface area (Å²) < 4.78 is 36.9. The first-order valence-corrected chi connectivity index (χ1v) is 13.7. The highest BCUT2D eigenvalue weighted by Crippen LogP contribution is 2.34. The van der Waals surface area contributed by atoms with E-state index in [0.717, 1.165) is 16.6 Å². The van der Waals surface area contributed by atoms with Gasteiger partial charge in [-0.1, -0.05) is 19.1 Å². The van der Waals surface area contributed by atoms with Gasteiger partial charge in [-0.3, -0.25) is 24.0 Å². The average Bonchev–Trinajstić information content (AvgIpc) is 2.85. The molecule has 208 valence electrons. The summed E-state index contributed by atoms with van der Waals surface area (Å²) >= 11 is 0. The minimum Gasteiger partial charge on any atom is -0.497 e. The van der Waals surface area contributed by atoms with Crippen molar-refractivity contribution in [2.45, 2.75) is 45.8 Å². The fourth-order valence-electron chi connectivity index (χ4n) is 3.85. The van der Waals surface area contributed by atoms with E-state index in [-0.39, 0.29) is 36.1 Å². The third-order valence-electron chi connectivity index (χ3n) is 5.63. The number of rotatable bonds is 13. The molecular weight excluding hydrogens is 516 g/mol. The predicted molar refractivity (Wildman–Crippen MR) is 143 cm³/mol. The average molecular weight is 551 g/mol. The number of methoxy groups -OCH3 is 2. The molecule has 0 fully saturated rings. The summed E-state index contributed by atoms with van der Waals surface area (Å²) in [5, 5.41) is 14.2. The molecular formula is C25H34N4O8S. The Morgan fingerprint density at radius 2 is 1.79 bits per heavy atom. The van der Waals surface area contributed by atoms with Crippen LogP contribution in [0.5, 0.6) is 11.5 Å². The van der Waals surface area contributed by atoms with Gasteiger partial charge in [0.2, 0.25) is 21.8 Å². The van der Waals surface area contributed by atoms with Gasteiger partial charge in [-0.05, 0) is 44.0 Å². The van der Waals surface area contributed by atoms with E-state index in [2.05, 4.69) is 5.32 Å².